The molecule has 0 saturated heterocycles. The van der Waals surface area contributed by atoms with E-state index in [1.807, 2.05) is 0 Å². The van der Waals surface area contributed by atoms with Crippen LogP contribution in [0.2, 0.25) is 0 Å². The first-order valence-corrected chi connectivity index (χ1v) is 6.02. The third kappa shape index (κ3) is 3.31. The van der Waals surface area contributed by atoms with Gasteiger partial charge in [0.15, 0.2) is 0 Å². The van der Waals surface area contributed by atoms with Crippen LogP contribution in [0.25, 0.3) is 0 Å². The van der Waals surface area contributed by atoms with Crippen LogP contribution in [0.4, 0.5) is 8.78 Å². The molecule has 0 radical (unpaired) electrons. The summed E-state index contributed by atoms with van der Waals surface area (Å²) in [4.78, 5) is 4.84. The maximum Gasteiger partial charge on any atom is 0.129 e. The van der Waals surface area contributed by atoms with Crippen molar-refractivity contribution in [2.24, 2.45) is 0 Å². The van der Waals surface area contributed by atoms with Gasteiger partial charge in [0.2, 0.25) is 0 Å². The lowest BCUT2D eigenvalue weighted by Crippen LogP contribution is -2.14. The van der Waals surface area contributed by atoms with Gasteiger partial charge in [-0.05, 0) is 11.6 Å². The molecule has 1 heterocycles. The zero-order valence-corrected chi connectivity index (χ0v) is 9.75. The van der Waals surface area contributed by atoms with E-state index < -0.39 is 17.7 Å². The Kier molecular flexibility index (Phi) is 3.81. The minimum atomic E-state index is -0.685. The molecule has 0 aliphatic rings. The second kappa shape index (κ2) is 5.33. The van der Waals surface area contributed by atoms with Crippen molar-refractivity contribution in [2.75, 3.05) is 0 Å². The lowest BCUT2D eigenvalue weighted by atomic mass is 10.0. The summed E-state index contributed by atoms with van der Waals surface area (Å²) in [6, 6.07) is 3.38. The van der Waals surface area contributed by atoms with Gasteiger partial charge in [-0.3, -0.25) is 4.98 Å². The highest BCUT2D eigenvalue weighted by Gasteiger charge is 2.11. The number of thiazole rings is 1. The fourth-order valence-electron chi connectivity index (χ4n) is 1.59. The maximum absolute atomic E-state index is 13.3. The van der Waals surface area contributed by atoms with E-state index in [0.29, 0.717) is 12.0 Å². The average Bonchev–Trinajstić information content (AvgIpc) is 2.75. The standard InChI is InChI=1S/C12H11F2NOS/c13-9-2-1-8(12(14)4-9)3-10(16)5-11-6-15-7-17-11/h1-2,4,6-7,10,16H,3,5H2. The Morgan fingerprint density at radius 1 is 1.29 bits per heavy atom. The molecule has 0 aliphatic heterocycles. The molecule has 90 valence electrons. The zero-order chi connectivity index (χ0) is 12.3. The van der Waals surface area contributed by atoms with Gasteiger partial charge in [0.1, 0.15) is 11.6 Å². The molecule has 1 N–H and O–H groups in total. The van der Waals surface area contributed by atoms with E-state index in [1.165, 1.54) is 23.5 Å². The molecule has 0 bridgehead atoms. The van der Waals surface area contributed by atoms with Crippen molar-refractivity contribution in [1.82, 2.24) is 4.98 Å². The van der Waals surface area contributed by atoms with E-state index in [0.717, 1.165) is 10.9 Å². The Bertz CT molecular complexity index is 487. The molecule has 17 heavy (non-hydrogen) atoms. The van der Waals surface area contributed by atoms with E-state index in [2.05, 4.69) is 4.98 Å². The second-order valence-corrected chi connectivity index (χ2v) is 4.74. The minimum absolute atomic E-state index is 0.171. The second-order valence-electron chi connectivity index (χ2n) is 3.77. The average molecular weight is 255 g/mol. The fourth-order valence-corrected chi connectivity index (χ4v) is 2.26. The van der Waals surface area contributed by atoms with Gasteiger partial charge in [-0.15, -0.1) is 11.3 Å². The number of nitrogens with zero attached hydrogens (tertiary/aromatic N) is 1. The number of aromatic nitrogens is 1. The Balaban J connectivity index is 2.00. The van der Waals surface area contributed by atoms with Crippen LogP contribution in [0, 0.1) is 11.6 Å². The first kappa shape index (κ1) is 12.1. The van der Waals surface area contributed by atoms with Crippen LogP contribution in [0.15, 0.2) is 29.9 Å². The number of halogens is 2. The Morgan fingerprint density at radius 2 is 2.12 bits per heavy atom. The summed E-state index contributed by atoms with van der Waals surface area (Å²) in [7, 11) is 0. The van der Waals surface area contributed by atoms with Crippen LogP contribution >= 0.6 is 11.3 Å². The highest BCUT2D eigenvalue weighted by Crippen LogP contribution is 2.15. The van der Waals surface area contributed by atoms with Crippen molar-refractivity contribution in [3.05, 3.63) is 52.0 Å². The molecule has 0 amide bonds. The van der Waals surface area contributed by atoms with Crippen molar-refractivity contribution in [3.8, 4) is 0 Å². The lowest BCUT2D eigenvalue weighted by molar-refractivity contribution is 0.175. The third-order valence-electron chi connectivity index (χ3n) is 2.39. The van der Waals surface area contributed by atoms with Crippen molar-refractivity contribution in [1.29, 1.82) is 0 Å². The van der Waals surface area contributed by atoms with E-state index >= 15 is 0 Å². The summed E-state index contributed by atoms with van der Waals surface area (Å²) < 4.78 is 26.0. The predicted octanol–water partition coefficient (Wildman–Crippen LogP) is 2.57. The van der Waals surface area contributed by atoms with Crippen molar-refractivity contribution in [3.63, 3.8) is 0 Å². The molecular formula is C12H11F2NOS. The van der Waals surface area contributed by atoms with Crippen LogP contribution in [-0.4, -0.2) is 16.2 Å². The summed E-state index contributed by atoms with van der Waals surface area (Å²) in [5, 5.41) is 9.79. The van der Waals surface area contributed by atoms with E-state index in [1.54, 1.807) is 11.7 Å². The van der Waals surface area contributed by atoms with E-state index in [9.17, 15) is 13.9 Å². The van der Waals surface area contributed by atoms with Crippen LogP contribution in [-0.2, 0) is 12.8 Å². The molecule has 1 unspecified atom stereocenters. The van der Waals surface area contributed by atoms with Gasteiger partial charge in [0, 0.05) is 30.0 Å². The van der Waals surface area contributed by atoms with Crippen molar-refractivity contribution in [2.45, 2.75) is 18.9 Å². The normalized spacial score (nSPS) is 12.6. The van der Waals surface area contributed by atoms with Gasteiger partial charge in [0.05, 0.1) is 11.6 Å². The maximum atomic E-state index is 13.3. The highest BCUT2D eigenvalue weighted by molar-refractivity contribution is 7.09. The quantitative estimate of drug-likeness (QED) is 0.910. The lowest BCUT2D eigenvalue weighted by Gasteiger charge is -2.09. The summed E-state index contributed by atoms with van der Waals surface area (Å²) in [5.74, 6) is -1.23. The molecule has 2 aromatic rings. The Morgan fingerprint density at radius 3 is 2.76 bits per heavy atom. The predicted molar refractivity (Wildman–Crippen MR) is 61.9 cm³/mol. The Hall–Kier alpha value is -1.33. The third-order valence-corrected chi connectivity index (χ3v) is 3.19. The number of hydrogen-bond donors (Lipinski definition) is 1. The molecule has 0 saturated carbocycles. The summed E-state index contributed by atoms with van der Waals surface area (Å²) >= 11 is 1.44. The molecule has 1 aromatic heterocycles. The summed E-state index contributed by atoms with van der Waals surface area (Å²) in [6.45, 7) is 0. The molecule has 2 rings (SSSR count). The van der Waals surface area contributed by atoms with Crippen LogP contribution in [0.5, 0.6) is 0 Å². The molecule has 0 spiro atoms. The molecule has 0 aliphatic carbocycles. The van der Waals surface area contributed by atoms with Crippen LogP contribution in [0.3, 0.4) is 0 Å². The van der Waals surface area contributed by atoms with Crippen molar-refractivity contribution >= 4 is 11.3 Å². The number of rotatable bonds is 4. The van der Waals surface area contributed by atoms with Gasteiger partial charge < -0.3 is 5.11 Å². The number of aliphatic hydroxyl groups is 1. The molecule has 0 fully saturated rings. The SMILES string of the molecule is OC(Cc1cncs1)Cc1ccc(F)cc1F. The molecule has 1 aromatic carbocycles. The smallest absolute Gasteiger partial charge is 0.129 e. The van der Waals surface area contributed by atoms with E-state index in [-0.39, 0.29) is 6.42 Å². The van der Waals surface area contributed by atoms with Gasteiger partial charge in [-0.1, -0.05) is 6.07 Å². The minimum Gasteiger partial charge on any atom is -0.392 e. The van der Waals surface area contributed by atoms with E-state index in [4.69, 9.17) is 0 Å². The first-order valence-electron chi connectivity index (χ1n) is 5.14. The molecule has 2 nitrogen and oxygen atoms in total. The van der Waals surface area contributed by atoms with Crippen LogP contribution in [0.1, 0.15) is 10.4 Å². The number of hydrogen-bond acceptors (Lipinski definition) is 3. The highest BCUT2D eigenvalue weighted by atomic mass is 32.1. The number of aliphatic hydroxyl groups excluding tert-OH is 1. The molecular weight excluding hydrogens is 244 g/mol. The van der Waals surface area contributed by atoms with Gasteiger partial charge >= 0.3 is 0 Å². The zero-order valence-electron chi connectivity index (χ0n) is 8.94. The summed E-state index contributed by atoms with van der Waals surface area (Å²) in [6.07, 6.45) is 1.59. The van der Waals surface area contributed by atoms with Crippen LogP contribution < -0.4 is 0 Å². The topological polar surface area (TPSA) is 33.1 Å². The van der Waals surface area contributed by atoms with Gasteiger partial charge in [-0.25, -0.2) is 8.78 Å². The van der Waals surface area contributed by atoms with Gasteiger partial charge in [-0.2, -0.15) is 0 Å². The monoisotopic (exact) mass is 255 g/mol. The molecule has 5 heteroatoms. The van der Waals surface area contributed by atoms with Crippen molar-refractivity contribution < 1.29 is 13.9 Å². The summed E-state index contributed by atoms with van der Waals surface area (Å²) in [5.41, 5.74) is 2.00. The number of benzene rings is 1. The fraction of sp³-hybridized carbons (Fsp3) is 0.250. The molecule has 1 atom stereocenters. The largest absolute Gasteiger partial charge is 0.392 e. The first-order chi connectivity index (χ1) is 8.15. The Labute approximate surface area is 102 Å². The van der Waals surface area contributed by atoms with Gasteiger partial charge in [0.25, 0.3) is 0 Å².